The van der Waals surface area contributed by atoms with Crippen molar-refractivity contribution in [3.8, 4) is 5.75 Å². The van der Waals surface area contributed by atoms with Crippen LogP contribution in [0.4, 0.5) is 10.1 Å². The van der Waals surface area contributed by atoms with E-state index in [1.807, 2.05) is 38.1 Å². The highest BCUT2D eigenvalue weighted by molar-refractivity contribution is 6.30. The SMILES string of the molecule is CC(C)Oc1ccc(CNc2cc(Cl)ccc2F)cc1. The number of hydrogen-bond donors (Lipinski definition) is 1. The zero-order valence-corrected chi connectivity index (χ0v) is 12.2. The van der Waals surface area contributed by atoms with Crippen LogP contribution in [-0.2, 0) is 6.54 Å². The van der Waals surface area contributed by atoms with Crippen molar-refractivity contribution >= 4 is 17.3 Å². The van der Waals surface area contributed by atoms with Gasteiger partial charge >= 0.3 is 0 Å². The maximum atomic E-state index is 13.5. The summed E-state index contributed by atoms with van der Waals surface area (Å²) in [7, 11) is 0. The minimum Gasteiger partial charge on any atom is -0.491 e. The van der Waals surface area contributed by atoms with Crippen LogP contribution in [0.5, 0.6) is 5.75 Å². The second-order valence-electron chi connectivity index (χ2n) is 4.79. The summed E-state index contributed by atoms with van der Waals surface area (Å²) in [6.07, 6.45) is 0.152. The predicted molar refractivity (Wildman–Crippen MR) is 80.9 cm³/mol. The number of halogens is 2. The van der Waals surface area contributed by atoms with E-state index in [1.165, 1.54) is 12.1 Å². The molecule has 4 heteroatoms. The van der Waals surface area contributed by atoms with Crippen LogP contribution in [0.25, 0.3) is 0 Å². The van der Waals surface area contributed by atoms with Gasteiger partial charge < -0.3 is 10.1 Å². The van der Waals surface area contributed by atoms with Crippen molar-refractivity contribution in [1.82, 2.24) is 0 Å². The summed E-state index contributed by atoms with van der Waals surface area (Å²) in [6.45, 7) is 4.49. The van der Waals surface area contributed by atoms with Crippen molar-refractivity contribution in [3.63, 3.8) is 0 Å². The van der Waals surface area contributed by atoms with Gasteiger partial charge in [0.15, 0.2) is 0 Å². The monoisotopic (exact) mass is 293 g/mol. The van der Waals surface area contributed by atoms with Gasteiger partial charge in [0.1, 0.15) is 11.6 Å². The number of anilines is 1. The van der Waals surface area contributed by atoms with Gasteiger partial charge in [0.05, 0.1) is 11.8 Å². The average molecular weight is 294 g/mol. The standard InChI is InChI=1S/C16H17ClFNO/c1-11(2)20-14-6-3-12(4-7-14)10-19-16-9-13(17)5-8-15(16)18/h3-9,11,19H,10H2,1-2H3. The topological polar surface area (TPSA) is 21.3 Å². The van der Waals surface area contributed by atoms with Gasteiger partial charge in [0, 0.05) is 11.6 Å². The molecule has 2 aromatic carbocycles. The summed E-state index contributed by atoms with van der Waals surface area (Å²) in [5, 5.41) is 3.54. The molecule has 0 aliphatic carbocycles. The fourth-order valence-corrected chi connectivity index (χ4v) is 1.96. The normalized spacial score (nSPS) is 10.7. The Bertz CT molecular complexity index is 569. The maximum absolute atomic E-state index is 13.5. The molecule has 0 radical (unpaired) electrons. The smallest absolute Gasteiger partial charge is 0.146 e. The Hall–Kier alpha value is -1.74. The predicted octanol–water partition coefficient (Wildman–Crippen LogP) is 4.88. The Morgan fingerprint density at radius 3 is 2.50 bits per heavy atom. The third-order valence-corrected chi connectivity index (χ3v) is 2.94. The maximum Gasteiger partial charge on any atom is 0.146 e. The van der Waals surface area contributed by atoms with Gasteiger partial charge in [-0.25, -0.2) is 4.39 Å². The molecule has 0 amide bonds. The quantitative estimate of drug-likeness (QED) is 0.848. The van der Waals surface area contributed by atoms with E-state index < -0.39 is 0 Å². The highest BCUT2D eigenvalue weighted by atomic mass is 35.5. The minimum atomic E-state index is -0.311. The van der Waals surface area contributed by atoms with Gasteiger partial charge in [-0.3, -0.25) is 0 Å². The molecule has 2 aromatic rings. The molecule has 20 heavy (non-hydrogen) atoms. The summed E-state index contributed by atoms with van der Waals surface area (Å²) >= 11 is 5.84. The molecule has 0 spiro atoms. The molecule has 0 heterocycles. The Labute approximate surface area is 123 Å². The van der Waals surface area contributed by atoms with Crippen LogP contribution in [-0.4, -0.2) is 6.10 Å². The molecular weight excluding hydrogens is 277 g/mol. The van der Waals surface area contributed by atoms with Crippen molar-refractivity contribution in [2.45, 2.75) is 26.5 Å². The number of hydrogen-bond acceptors (Lipinski definition) is 2. The zero-order chi connectivity index (χ0) is 14.5. The van der Waals surface area contributed by atoms with Gasteiger partial charge in [0.25, 0.3) is 0 Å². The van der Waals surface area contributed by atoms with Gasteiger partial charge in [-0.1, -0.05) is 23.7 Å². The van der Waals surface area contributed by atoms with E-state index in [1.54, 1.807) is 6.07 Å². The van der Waals surface area contributed by atoms with Crippen LogP contribution in [0.3, 0.4) is 0 Å². The molecular formula is C16H17ClFNO. The lowest BCUT2D eigenvalue weighted by atomic mass is 10.2. The van der Waals surface area contributed by atoms with Gasteiger partial charge in [-0.2, -0.15) is 0 Å². The van der Waals surface area contributed by atoms with Crippen molar-refractivity contribution in [2.24, 2.45) is 0 Å². The first kappa shape index (κ1) is 14.7. The largest absolute Gasteiger partial charge is 0.491 e. The number of rotatable bonds is 5. The van der Waals surface area contributed by atoms with Gasteiger partial charge in [-0.05, 0) is 49.7 Å². The van der Waals surface area contributed by atoms with E-state index in [0.29, 0.717) is 17.3 Å². The first-order valence-corrected chi connectivity index (χ1v) is 6.87. The van der Waals surface area contributed by atoms with E-state index in [0.717, 1.165) is 11.3 Å². The summed E-state index contributed by atoms with van der Waals surface area (Å²) in [5.41, 5.74) is 1.44. The molecule has 0 aromatic heterocycles. The Kier molecular flexibility index (Phi) is 4.85. The van der Waals surface area contributed by atoms with Gasteiger partial charge in [0.2, 0.25) is 0 Å². The van der Waals surface area contributed by atoms with E-state index in [4.69, 9.17) is 16.3 Å². The fraction of sp³-hybridized carbons (Fsp3) is 0.250. The van der Waals surface area contributed by atoms with Crippen molar-refractivity contribution in [2.75, 3.05) is 5.32 Å². The van der Waals surface area contributed by atoms with Crippen molar-refractivity contribution < 1.29 is 9.13 Å². The summed E-state index contributed by atoms with van der Waals surface area (Å²) in [4.78, 5) is 0. The minimum absolute atomic E-state index is 0.152. The van der Waals surface area contributed by atoms with Gasteiger partial charge in [-0.15, -0.1) is 0 Å². The van der Waals surface area contributed by atoms with Crippen LogP contribution in [0.15, 0.2) is 42.5 Å². The average Bonchev–Trinajstić information content (AvgIpc) is 2.41. The van der Waals surface area contributed by atoms with Crippen LogP contribution >= 0.6 is 11.6 Å². The van der Waals surface area contributed by atoms with Crippen molar-refractivity contribution in [3.05, 3.63) is 58.9 Å². The summed E-state index contributed by atoms with van der Waals surface area (Å²) in [5.74, 6) is 0.520. The molecule has 106 valence electrons. The fourth-order valence-electron chi connectivity index (χ4n) is 1.79. The molecule has 0 atom stereocenters. The van der Waals surface area contributed by atoms with E-state index in [-0.39, 0.29) is 11.9 Å². The van der Waals surface area contributed by atoms with Crippen LogP contribution < -0.4 is 10.1 Å². The molecule has 2 rings (SSSR count). The molecule has 1 N–H and O–H groups in total. The summed E-state index contributed by atoms with van der Waals surface area (Å²) in [6, 6.07) is 12.2. The number of ether oxygens (including phenoxy) is 1. The molecule has 0 bridgehead atoms. The third-order valence-electron chi connectivity index (χ3n) is 2.71. The van der Waals surface area contributed by atoms with Crippen LogP contribution in [0.2, 0.25) is 5.02 Å². The van der Waals surface area contributed by atoms with Crippen molar-refractivity contribution in [1.29, 1.82) is 0 Å². The van der Waals surface area contributed by atoms with Crippen LogP contribution in [0, 0.1) is 5.82 Å². The van der Waals surface area contributed by atoms with Crippen LogP contribution in [0.1, 0.15) is 19.4 Å². The Balaban J connectivity index is 1.98. The molecule has 0 aliphatic rings. The lowest BCUT2D eigenvalue weighted by molar-refractivity contribution is 0.242. The molecule has 0 aliphatic heterocycles. The molecule has 2 nitrogen and oxygen atoms in total. The number of benzene rings is 2. The summed E-state index contributed by atoms with van der Waals surface area (Å²) < 4.78 is 19.1. The molecule has 0 saturated heterocycles. The second-order valence-corrected chi connectivity index (χ2v) is 5.22. The van der Waals surface area contributed by atoms with E-state index >= 15 is 0 Å². The highest BCUT2D eigenvalue weighted by Gasteiger charge is 2.03. The number of nitrogens with one attached hydrogen (secondary N) is 1. The first-order valence-electron chi connectivity index (χ1n) is 6.49. The molecule has 0 saturated carbocycles. The lowest BCUT2D eigenvalue weighted by Crippen LogP contribution is -2.06. The van der Waals surface area contributed by atoms with E-state index in [2.05, 4.69) is 5.32 Å². The highest BCUT2D eigenvalue weighted by Crippen LogP contribution is 2.21. The first-order chi connectivity index (χ1) is 9.54. The second kappa shape index (κ2) is 6.62. The molecule has 0 fully saturated rings. The lowest BCUT2D eigenvalue weighted by Gasteiger charge is -2.11. The Morgan fingerprint density at radius 2 is 1.85 bits per heavy atom. The third kappa shape index (κ3) is 4.14. The van der Waals surface area contributed by atoms with E-state index in [9.17, 15) is 4.39 Å². The Morgan fingerprint density at radius 1 is 1.15 bits per heavy atom. The zero-order valence-electron chi connectivity index (χ0n) is 11.5. The molecule has 0 unspecified atom stereocenters.